The Labute approximate surface area is 208 Å². The van der Waals surface area contributed by atoms with Crippen LogP contribution in [0.3, 0.4) is 0 Å². The van der Waals surface area contributed by atoms with E-state index in [1.165, 1.54) is 16.3 Å². The van der Waals surface area contributed by atoms with Crippen LogP contribution in [0, 0.1) is 6.92 Å². The van der Waals surface area contributed by atoms with Gasteiger partial charge in [0.2, 0.25) is 0 Å². The van der Waals surface area contributed by atoms with Gasteiger partial charge in [0.25, 0.3) is 0 Å². The van der Waals surface area contributed by atoms with Gasteiger partial charge in [0.15, 0.2) is 5.96 Å². The molecule has 0 unspecified atom stereocenters. The zero-order valence-corrected chi connectivity index (χ0v) is 21.5. The summed E-state index contributed by atoms with van der Waals surface area (Å²) in [5.74, 6) is 2.12. The number of hydrogen-bond acceptors (Lipinski definition) is 3. The molecule has 0 bridgehead atoms. The highest BCUT2D eigenvalue weighted by atomic mass is 127. The highest BCUT2D eigenvalue weighted by molar-refractivity contribution is 14.0. The second-order valence-corrected chi connectivity index (χ2v) is 8.25. The third kappa shape index (κ3) is 6.22. The molecule has 2 heterocycles. The van der Waals surface area contributed by atoms with Crippen LogP contribution < -0.4 is 5.32 Å². The summed E-state index contributed by atoms with van der Waals surface area (Å²) in [5.41, 5.74) is 1.42. The molecule has 2 aromatic carbocycles. The van der Waals surface area contributed by atoms with E-state index < -0.39 is 0 Å². The third-order valence-electron chi connectivity index (χ3n) is 6.19. The molecule has 1 N–H and O–H groups in total. The van der Waals surface area contributed by atoms with Crippen molar-refractivity contribution in [1.82, 2.24) is 24.7 Å². The van der Waals surface area contributed by atoms with Gasteiger partial charge in [-0.15, -0.1) is 24.0 Å². The first kappa shape index (κ1) is 24.5. The number of imidazole rings is 1. The molecule has 6 nitrogen and oxygen atoms in total. The van der Waals surface area contributed by atoms with Gasteiger partial charge < -0.3 is 14.8 Å². The Balaban J connectivity index is 0.00000289. The van der Waals surface area contributed by atoms with Crippen LogP contribution in [0.1, 0.15) is 24.2 Å². The Kier molecular flexibility index (Phi) is 9.35. The van der Waals surface area contributed by atoms with Crippen molar-refractivity contribution >= 4 is 40.7 Å². The van der Waals surface area contributed by atoms with Gasteiger partial charge in [-0.05, 0) is 36.1 Å². The molecule has 0 aliphatic carbocycles. The summed E-state index contributed by atoms with van der Waals surface area (Å²) in [6, 6.07) is 15.3. The standard InChI is InChI=1S/C25H34N6.HI/c1-21-27-13-15-30(21)14-6-5-12-28-25(26-2)31-18-16-29(17-19-31)20-23-10-7-9-22-8-3-4-11-24(22)23;/h3-4,7-11,13,15H,5-6,12,14,16-20H2,1-2H3,(H,26,28);1H. The van der Waals surface area contributed by atoms with Gasteiger partial charge in [-0.3, -0.25) is 9.89 Å². The first-order valence-corrected chi connectivity index (χ1v) is 11.4. The molecular formula is C25H35IN6. The van der Waals surface area contributed by atoms with E-state index in [-0.39, 0.29) is 24.0 Å². The Hall–Kier alpha value is -2.13. The number of nitrogens with zero attached hydrogens (tertiary/aromatic N) is 5. The minimum Gasteiger partial charge on any atom is -0.356 e. The predicted molar refractivity (Wildman–Crippen MR) is 144 cm³/mol. The molecule has 0 radical (unpaired) electrons. The fourth-order valence-corrected chi connectivity index (χ4v) is 4.37. The monoisotopic (exact) mass is 546 g/mol. The van der Waals surface area contributed by atoms with Crippen LogP contribution in [-0.2, 0) is 13.1 Å². The van der Waals surface area contributed by atoms with Crippen LogP contribution in [0.4, 0.5) is 0 Å². The Bertz CT molecular complexity index is 1000. The summed E-state index contributed by atoms with van der Waals surface area (Å²) in [6.07, 6.45) is 6.19. The molecule has 0 amide bonds. The van der Waals surface area contributed by atoms with Crippen molar-refractivity contribution in [2.45, 2.75) is 32.9 Å². The fraction of sp³-hybridized carbons (Fsp3) is 0.440. The van der Waals surface area contributed by atoms with Crippen molar-refractivity contribution in [2.24, 2.45) is 4.99 Å². The van der Waals surface area contributed by atoms with Gasteiger partial charge >= 0.3 is 0 Å². The number of unbranched alkanes of at least 4 members (excludes halogenated alkanes) is 1. The molecule has 0 spiro atoms. The molecule has 0 saturated carbocycles. The quantitative estimate of drug-likeness (QED) is 0.210. The van der Waals surface area contributed by atoms with Gasteiger partial charge in [-0.25, -0.2) is 4.98 Å². The predicted octanol–water partition coefficient (Wildman–Crippen LogP) is 4.14. The van der Waals surface area contributed by atoms with Gasteiger partial charge in [0.1, 0.15) is 5.82 Å². The zero-order valence-electron chi connectivity index (χ0n) is 19.2. The molecule has 4 rings (SSSR count). The first-order chi connectivity index (χ1) is 15.2. The molecule has 172 valence electrons. The summed E-state index contributed by atoms with van der Waals surface area (Å²) >= 11 is 0. The first-order valence-electron chi connectivity index (χ1n) is 11.4. The van der Waals surface area contributed by atoms with Crippen molar-refractivity contribution in [1.29, 1.82) is 0 Å². The lowest BCUT2D eigenvalue weighted by Crippen LogP contribution is -2.52. The lowest BCUT2D eigenvalue weighted by atomic mass is 10.0. The van der Waals surface area contributed by atoms with Crippen LogP contribution in [0.5, 0.6) is 0 Å². The molecule has 0 atom stereocenters. The van der Waals surface area contributed by atoms with E-state index >= 15 is 0 Å². The van der Waals surface area contributed by atoms with Crippen LogP contribution in [0.25, 0.3) is 10.8 Å². The molecule has 1 aliphatic rings. The maximum absolute atomic E-state index is 4.52. The molecule has 1 saturated heterocycles. The van der Waals surface area contributed by atoms with Gasteiger partial charge in [-0.1, -0.05) is 42.5 Å². The van der Waals surface area contributed by atoms with Gasteiger partial charge in [-0.2, -0.15) is 0 Å². The molecule has 3 aromatic rings. The highest BCUT2D eigenvalue weighted by Crippen LogP contribution is 2.20. The molecule has 1 aliphatic heterocycles. The lowest BCUT2D eigenvalue weighted by Gasteiger charge is -2.36. The van der Waals surface area contributed by atoms with Crippen molar-refractivity contribution in [2.75, 3.05) is 39.8 Å². The topological polar surface area (TPSA) is 48.7 Å². The molecular weight excluding hydrogens is 511 g/mol. The zero-order chi connectivity index (χ0) is 21.5. The second-order valence-electron chi connectivity index (χ2n) is 8.25. The summed E-state index contributed by atoms with van der Waals surface area (Å²) in [4.78, 5) is 13.7. The van der Waals surface area contributed by atoms with Crippen molar-refractivity contribution in [3.63, 3.8) is 0 Å². The summed E-state index contributed by atoms with van der Waals surface area (Å²) in [7, 11) is 1.89. The number of hydrogen-bond donors (Lipinski definition) is 1. The lowest BCUT2D eigenvalue weighted by molar-refractivity contribution is 0.173. The minimum absolute atomic E-state index is 0. The van der Waals surface area contributed by atoms with Crippen LogP contribution in [0.2, 0.25) is 0 Å². The maximum Gasteiger partial charge on any atom is 0.193 e. The number of benzene rings is 2. The fourth-order valence-electron chi connectivity index (χ4n) is 4.37. The molecule has 7 heteroatoms. The second kappa shape index (κ2) is 12.2. The van der Waals surface area contributed by atoms with E-state index in [9.17, 15) is 0 Å². The number of fused-ring (bicyclic) bond motifs is 1. The third-order valence-corrected chi connectivity index (χ3v) is 6.19. The number of aryl methyl sites for hydroxylation is 2. The largest absolute Gasteiger partial charge is 0.356 e. The Morgan fingerprint density at radius 1 is 1.03 bits per heavy atom. The number of rotatable bonds is 7. The van der Waals surface area contributed by atoms with Crippen LogP contribution >= 0.6 is 24.0 Å². The smallest absolute Gasteiger partial charge is 0.193 e. The van der Waals surface area contributed by atoms with E-state index in [1.54, 1.807) is 0 Å². The minimum atomic E-state index is 0. The Morgan fingerprint density at radius 3 is 2.56 bits per heavy atom. The average Bonchev–Trinajstić information content (AvgIpc) is 3.22. The molecule has 1 fully saturated rings. The van der Waals surface area contributed by atoms with Crippen molar-refractivity contribution in [3.8, 4) is 0 Å². The summed E-state index contributed by atoms with van der Waals surface area (Å²) in [5, 5.41) is 6.25. The van der Waals surface area contributed by atoms with Gasteiger partial charge in [0.05, 0.1) is 0 Å². The average molecular weight is 547 g/mol. The number of aliphatic imine (C=N–C) groups is 1. The number of nitrogens with one attached hydrogen (secondary N) is 1. The SMILES string of the molecule is CN=C(NCCCCn1ccnc1C)N1CCN(Cc2cccc3ccccc23)CC1.I. The highest BCUT2D eigenvalue weighted by Gasteiger charge is 2.20. The Morgan fingerprint density at radius 2 is 1.81 bits per heavy atom. The number of aromatic nitrogens is 2. The number of piperazine rings is 1. The normalized spacial score (nSPS) is 15.1. The molecule has 1 aromatic heterocycles. The maximum atomic E-state index is 4.52. The van der Waals surface area contributed by atoms with E-state index in [0.29, 0.717) is 0 Å². The number of guanidine groups is 1. The van der Waals surface area contributed by atoms with E-state index in [1.807, 2.05) is 13.2 Å². The van der Waals surface area contributed by atoms with E-state index in [4.69, 9.17) is 0 Å². The van der Waals surface area contributed by atoms with E-state index in [0.717, 1.165) is 70.4 Å². The van der Waals surface area contributed by atoms with Crippen LogP contribution in [-0.4, -0.2) is 65.1 Å². The van der Waals surface area contributed by atoms with Crippen molar-refractivity contribution in [3.05, 3.63) is 66.2 Å². The summed E-state index contributed by atoms with van der Waals surface area (Å²) < 4.78 is 2.21. The molecule has 32 heavy (non-hydrogen) atoms. The van der Waals surface area contributed by atoms with Crippen LogP contribution in [0.15, 0.2) is 59.9 Å². The summed E-state index contributed by atoms with van der Waals surface area (Å²) in [6.45, 7) is 9.19. The van der Waals surface area contributed by atoms with Gasteiger partial charge in [0, 0.05) is 65.3 Å². The number of halogens is 1. The van der Waals surface area contributed by atoms with E-state index in [2.05, 4.69) is 85.2 Å². The van der Waals surface area contributed by atoms with Crippen molar-refractivity contribution < 1.29 is 0 Å².